The summed E-state index contributed by atoms with van der Waals surface area (Å²) in [5.74, 6) is -2.38. The molecule has 182 valence electrons. The minimum Gasteiger partial charge on any atom is -0.480 e. The number of nitrogens with zero attached hydrogens (tertiary/aromatic N) is 1. The van der Waals surface area contributed by atoms with Crippen LogP contribution >= 0.6 is 0 Å². The fourth-order valence-electron chi connectivity index (χ4n) is 4.02. The lowest BCUT2D eigenvalue weighted by molar-refractivity contribution is -0.166. The van der Waals surface area contributed by atoms with E-state index >= 15 is 0 Å². The Labute approximate surface area is 191 Å². The van der Waals surface area contributed by atoms with E-state index in [0.29, 0.717) is 19.4 Å². The highest BCUT2D eigenvalue weighted by Gasteiger charge is 2.45. The molecule has 0 atom stereocenters. The molecule has 0 aliphatic rings. The maximum Gasteiger partial charge on any atom is 0.321 e. The molecular weight excluding hydrogens is 390 g/mol. The van der Waals surface area contributed by atoms with Gasteiger partial charge in [-0.25, -0.2) is 0 Å². The zero-order chi connectivity index (χ0) is 23.4. The molecule has 0 aromatic carbocycles. The van der Waals surface area contributed by atoms with E-state index in [1.807, 2.05) is 19.0 Å². The Bertz CT molecular complexity index is 474. The minimum absolute atomic E-state index is 0.195. The van der Waals surface area contributed by atoms with Gasteiger partial charge in [0.2, 0.25) is 0 Å². The number of hydrogen-bond acceptors (Lipinski definition) is 3. The highest BCUT2D eigenvalue weighted by molar-refractivity contribution is 5.98. The first-order valence-electron chi connectivity index (χ1n) is 12.6. The second-order valence-electron chi connectivity index (χ2n) is 9.29. The minimum atomic E-state index is -1.63. The Morgan fingerprint density at radius 1 is 0.677 bits per heavy atom. The molecule has 5 heteroatoms. The summed E-state index contributed by atoms with van der Waals surface area (Å²) in [6, 6.07) is 0. The van der Waals surface area contributed by atoms with Gasteiger partial charge in [0.25, 0.3) is 0 Å². The summed E-state index contributed by atoms with van der Waals surface area (Å²) in [5, 5.41) is 19.2. The van der Waals surface area contributed by atoms with Gasteiger partial charge in [-0.2, -0.15) is 0 Å². The standard InChI is InChI=1S/C26H49NO4/c1-4-5-6-7-8-9-10-11-12-13-14-15-16-17-18-19-21-26(24(28)29,25(30)31)22-20-23-27(2)3/h11-12H,4-10,13-23H2,1-3H3,(H,28,29)(H,30,31)/b12-11+. The van der Waals surface area contributed by atoms with Crippen LogP contribution in [-0.4, -0.2) is 47.7 Å². The number of unbranched alkanes of at least 4 members (excludes halogenated alkanes) is 12. The molecule has 0 radical (unpaired) electrons. The fourth-order valence-corrected chi connectivity index (χ4v) is 4.02. The van der Waals surface area contributed by atoms with E-state index in [9.17, 15) is 19.8 Å². The van der Waals surface area contributed by atoms with E-state index in [1.165, 1.54) is 57.8 Å². The van der Waals surface area contributed by atoms with Crippen LogP contribution in [0.5, 0.6) is 0 Å². The van der Waals surface area contributed by atoms with Gasteiger partial charge in [0, 0.05) is 0 Å². The smallest absolute Gasteiger partial charge is 0.321 e. The van der Waals surface area contributed by atoms with Gasteiger partial charge in [0.05, 0.1) is 0 Å². The third kappa shape index (κ3) is 15.1. The Balaban J connectivity index is 3.84. The normalized spacial score (nSPS) is 12.1. The molecule has 0 aliphatic heterocycles. The highest BCUT2D eigenvalue weighted by atomic mass is 16.4. The molecule has 0 aliphatic carbocycles. The quantitative estimate of drug-likeness (QED) is 0.109. The number of allylic oxidation sites excluding steroid dienone is 2. The molecule has 0 fully saturated rings. The van der Waals surface area contributed by atoms with Crippen molar-refractivity contribution in [1.82, 2.24) is 4.90 Å². The number of aliphatic carboxylic acids is 2. The third-order valence-corrected chi connectivity index (χ3v) is 6.14. The molecule has 0 saturated heterocycles. The van der Waals surface area contributed by atoms with Crippen LogP contribution in [0.4, 0.5) is 0 Å². The van der Waals surface area contributed by atoms with Crippen LogP contribution in [-0.2, 0) is 9.59 Å². The number of rotatable bonds is 22. The van der Waals surface area contributed by atoms with Gasteiger partial charge in [-0.05, 0) is 65.6 Å². The van der Waals surface area contributed by atoms with Gasteiger partial charge in [-0.1, -0.05) is 83.3 Å². The van der Waals surface area contributed by atoms with Gasteiger partial charge in [0.1, 0.15) is 0 Å². The van der Waals surface area contributed by atoms with Gasteiger partial charge >= 0.3 is 11.9 Å². The molecule has 2 N–H and O–H groups in total. The Hall–Kier alpha value is -1.36. The molecule has 0 heterocycles. The summed E-state index contributed by atoms with van der Waals surface area (Å²) in [5.41, 5.74) is -1.63. The SMILES string of the molecule is CCCCCCCC/C=C/CCCCCCCCC(CCCN(C)C)(C(=O)O)C(=O)O. The van der Waals surface area contributed by atoms with Crippen molar-refractivity contribution in [2.24, 2.45) is 5.41 Å². The molecular formula is C26H49NO4. The second-order valence-corrected chi connectivity index (χ2v) is 9.29. The average Bonchev–Trinajstić information content (AvgIpc) is 2.71. The predicted molar refractivity (Wildman–Crippen MR) is 130 cm³/mol. The number of carboxylic acid groups (broad SMARTS) is 2. The van der Waals surface area contributed by atoms with Crippen LogP contribution in [0, 0.1) is 5.41 Å². The van der Waals surface area contributed by atoms with E-state index in [1.54, 1.807) is 0 Å². The first-order valence-corrected chi connectivity index (χ1v) is 12.6. The van der Waals surface area contributed by atoms with Crippen LogP contribution in [0.2, 0.25) is 0 Å². The predicted octanol–water partition coefficient (Wildman–Crippen LogP) is 6.91. The summed E-state index contributed by atoms with van der Waals surface area (Å²) >= 11 is 0. The van der Waals surface area contributed by atoms with Crippen molar-refractivity contribution in [3.05, 3.63) is 12.2 Å². The van der Waals surface area contributed by atoms with Crippen molar-refractivity contribution in [2.45, 2.75) is 116 Å². The molecule has 0 amide bonds. The summed E-state index contributed by atoms with van der Waals surface area (Å²) in [6.07, 6.45) is 22.2. The maximum atomic E-state index is 11.7. The van der Waals surface area contributed by atoms with Crippen molar-refractivity contribution in [1.29, 1.82) is 0 Å². The summed E-state index contributed by atoms with van der Waals surface area (Å²) in [6.45, 7) is 2.95. The molecule has 0 aromatic rings. The monoisotopic (exact) mass is 439 g/mol. The summed E-state index contributed by atoms with van der Waals surface area (Å²) < 4.78 is 0. The van der Waals surface area contributed by atoms with Gasteiger partial charge in [0.15, 0.2) is 5.41 Å². The molecule has 0 aromatic heterocycles. The van der Waals surface area contributed by atoms with Crippen molar-refractivity contribution < 1.29 is 19.8 Å². The second kappa shape index (κ2) is 19.3. The van der Waals surface area contributed by atoms with E-state index in [0.717, 1.165) is 25.7 Å². The third-order valence-electron chi connectivity index (χ3n) is 6.14. The van der Waals surface area contributed by atoms with Gasteiger partial charge < -0.3 is 15.1 Å². The fraction of sp³-hybridized carbons (Fsp3) is 0.846. The Morgan fingerprint density at radius 2 is 1.10 bits per heavy atom. The first kappa shape index (κ1) is 29.6. The molecule has 31 heavy (non-hydrogen) atoms. The van der Waals surface area contributed by atoms with Crippen molar-refractivity contribution in [3.63, 3.8) is 0 Å². The van der Waals surface area contributed by atoms with Crippen molar-refractivity contribution in [2.75, 3.05) is 20.6 Å². The number of hydrogen-bond donors (Lipinski definition) is 2. The zero-order valence-corrected chi connectivity index (χ0v) is 20.5. The average molecular weight is 440 g/mol. The molecule has 5 nitrogen and oxygen atoms in total. The van der Waals surface area contributed by atoms with Crippen molar-refractivity contribution in [3.8, 4) is 0 Å². The zero-order valence-electron chi connectivity index (χ0n) is 20.5. The topological polar surface area (TPSA) is 77.8 Å². The number of carbonyl (C=O) groups is 2. The van der Waals surface area contributed by atoms with Gasteiger partial charge in [-0.3, -0.25) is 9.59 Å². The summed E-state index contributed by atoms with van der Waals surface area (Å²) in [4.78, 5) is 25.4. The lowest BCUT2D eigenvalue weighted by Gasteiger charge is -2.25. The van der Waals surface area contributed by atoms with E-state index < -0.39 is 17.4 Å². The van der Waals surface area contributed by atoms with Crippen molar-refractivity contribution >= 4 is 11.9 Å². The Kier molecular flexibility index (Phi) is 18.5. The molecule has 0 unspecified atom stereocenters. The molecule has 0 saturated carbocycles. The van der Waals surface area contributed by atoms with E-state index in [-0.39, 0.29) is 12.8 Å². The lowest BCUT2D eigenvalue weighted by atomic mass is 9.78. The Morgan fingerprint density at radius 3 is 1.55 bits per heavy atom. The van der Waals surface area contributed by atoms with Crippen LogP contribution in [0.3, 0.4) is 0 Å². The highest BCUT2D eigenvalue weighted by Crippen LogP contribution is 2.32. The molecule has 0 bridgehead atoms. The van der Waals surface area contributed by atoms with Crippen LogP contribution < -0.4 is 0 Å². The lowest BCUT2D eigenvalue weighted by Crippen LogP contribution is -2.40. The number of carboxylic acids is 2. The largest absolute Gasteiger partial charge is 0.480 e. The maximum absolute atomic E-state index is 11.7. The summed E-state index contributed by atoms with van der Waals surface area (Å²) in [7, 11) is 3.82. The van der Waals surface area contributed by atoms with Crippen LogP contribution in [0.1, 0.15) is 116 Å². The molecule has 0 rings (SSSR count). The van der Waals surface area contributed by atoms with Gasteiger partial charge in [-0.15, -0.1) is 0 Å². The van der Waals surface area contributed by atoms with Crippen LogP contribution in [0.25, 0.3) is 0 Å². The van der Waals surface area contributed by atoms with Crippen LogP contribution in [0.15, 0.2) is 12.2 Å². The first-order chi connectivity index (χ1) is 14.9. The van der Waals surface area contributed by atoms with E-state index in [2.05, 4.69) is 19.1 Å². The van der Waals surface area contributed by atoms with E-state index in [4.69, 9.17) is 0 Å². The molecule has 0 spiro atoms.